The Hall–Kier alpha value is -2.38. The number of hydrogen-bond acceptors (Lipinski definition) is 5. The summed E-state index contributed by atoms with van der Waals surface area (Å²) in [6.07, 6.45) is 0. The number of sulfone groups is 1. The van der Waals surface area contributed by atoms with Crippen LogP contribution in [0.4, 0.5) is 0 Å². The Kier molecular flexibility index (Phi) is 4.24. The van der Waals surface area contributed by atoms with Crippen LogP contribution in [0.5, 0.6) is 0 Å². The minimum atomic E-state index is -3.75. The van der Waals surface area contributed by atoms with Gasteiger partial charge in [0.05, 0.1) is 34.1 Å². The molecule has 5 nitrogen and oxygen atoms in total. The van der Waals surface area contributed by atoms with E-state index in [0.29, 0.717) is 28.1 Å². The van der Waals surface area contributed by atoms with Gasteiger partial charge in [-0.2, -0.15) is 0 Å². The summed E-state index contributed by atoms with van der Waals surface area (Å²) in [5.74, 6) is -1.29. The number of allylic oxidation sites excluding steroid dienone is 2. The van der Waals surface area contributed by atoms with Crippen molar-refractivity contribution in [2.45, 2.75) is 17.7 Å². The van der Waals surface area contributed by atoms with Crippen molar-refractivity contribution in [3.05, 3.63) is 80.3 Å². The van der Waals surface area contributed by atoms with Gasteiger partial charge in [0.2, 0.25) is 9.84 Å². The lowest BCUT2D eigenvalue weighted by molar-refractivity contribution is -0.136. The third-order valence-corrected chi connectivity index (χ3v) is 7.34. The number of esters is 1. The van der Waals surface area contributed by atoms with Gasteiger partial charge in [0.15, 0.2) is 0 Å². The highest BCUT2D eigenvalue weighted by atomic mass is 79.9. The fourth-order valence-corrected chi connectivity index (χ4v) is 5.89. The van der Waals surface area contributed by atoms with E-state index in [2.05, 4.69) is 21.2 Å². The van der Waals surface area contributed by atoms with E-state index in [1.54, 1.807) is 31.2 Å². The number of fused-ring (bicyclic) bond motifs is 2. The van der Waals surface area contributed by atoms with E-state index >= 15 is 0 Å². The summed E-state index contributed by atoms with van der Waals surface area (Å²) in [4.78, 5) is 13.0. The van der Waals surface area contributed by atoms with Gasteiger partial charge in [-0.25, -0.2) is 13.2 Å². The maximum atomic E-state index is 13.4. The first-order chi connectivity index (χ1) is 12.9. The lowest BCUT2D eigenvalue weighted by Crippen LogP contribution is -2.29. The summed E-state index contributed by atoms with van der Waals surface area (Å²) in [5.41, 5.74) is 2.75. The first kappa shape index (κ1) is 18.0. The molecule has 4 rings (SSSR count). The van der Waals surface area contributed by atoms with Gasteiger partial charge in [-0.15, -0.1) is 0 Å². The number of hydrogen-bond donors (Lipinski definition) is 1. The van der Waals surface area contributed by atoms with E-state index in [1.165, 1.54) is 7.11 Å². The molecule has 0 saturated heterocycles. The first-order valence-electron chi connectivity index (χ1n) is 8.26. The van der Waals surface area contributed by atoms with Gasteiger partial charge in [0, 0.05) is 15.7 Å². The summed E-state index contributed by atoms with van der Waals surface area (Å²) in [6, 6.07) is 14.2. The summed E-state index contributed by atoms with van der Waals surface area (Å²) >= 11 is 3.39. The van der Waals surface area contributed by atoms with Crippen molar-refractivity contribution in [3.63, 3.8) is 0 Å². The van der Waals surface area contributed by atoms with Crippen LogP contribution in [0.1, 0.15) is 24.0 Å². The molecule has 0 radical (unpaired) electrons. The van der Waals surface area contributed by atoms with Crippen LogP contribution in [-0.4, -0.2) is 21.5 Å². The van der Waals surface area contributed by atoms with Crippen LogP contribution in [0.3, 0.4) is 0 Å². The molecule has 0 amide bonds. The molecule has 2 heterocycles. The molecule has 2 aliphatic heterocycles. The summed E-state index contributed by atoms with van der Waals surface area (Å²) < 4.78 is 32.5. The van der Waals surface area contributed by atoms with Crippen LogP contribution < -0.4 is 5.32 Å². The van der Waals surface area contributed by atoms with Crippen molar-refractivity contribution >= 4 is 37.4 Å². The fourth-order valence-electron chi connectivity index (χ4n) is 3.68. The highest BCUT2D eigenvalue weighted by Crippen LogP contribution is 2.50. The molecule has 1 unspecified atom stereocenters. The normalized spacial score (nSPS) is 20.0. The smallest absolute Gasteiger partial charge is 0.336 e. The maximum Gasteiger partial charge on any atom is 0.336 e. The average molecular weight is 446 g/mol. The molecule has 27 heavy (non-hydrogen) atoms. The van der Waals surface area contributed by atoms with Gasteiger partial charge >= 0.3 is 5.97 Å². The molecular formula is C20H16BrNO4S. The molecule has 0 aliphatic carbocycles. The van der Waals surface area contributed by atoms with Crippen molar-refractivity contribution in [1.29, 1.82) is 0 Å². The quantitative estimate of drug-likeness (QED) is 0.712. The SMILES string of the molecule is COC(=O)C1=C(C)NC2=C(C1c1ccc(Br)cc1)S(=O)(=O)c1ccccc12. The number of dihydropyridines is 1. The molecule has 2 aliphatic rings. The lowest BCUT2D eigenvalue weighted by Gasteiger charge is -2.28. The number of methoxy groups -OCH3 is 1. The Bertz CT molecular complexity index is 1130. The number of benzene rings is 2. The van der Waals surface area contributed by atoms with Gasteiger partial charge in [-0.1, -0.05) is 46.3 Å². The Morgan fingerprint density at radius 2 is 1.78 bits per heavy atom. The van der Waals surface area contributed by atoms with Crippen molar-refractivity contribution in [3.8, 4) is 0 Å². The molecular weight excluding hydrogens is 430 g/mol. The van der Waals surface area contributed by atoms with E-state index in [-0.39, 0.29) is 9.80 Å². The number of ether oxygens (including phenoxy) is 1. The zero-order valence-electron chi connectivity index (χ0n) is 14.6. The number of carbonyl (C=O) groups excluding carboxylic acids is 1. The Morgan fingerprint density at radius 3 is 2.44 bits per heavy atom. The minimum Gasteiger partial charge on any atom is -0.466 e. The lowest BCUT2D eigenvalue weighted by atomic mass is 9.85. The summed E-state index contributed by atoms with van der Waals surface area (Å²) in [6.45, 7) is 1.76. The molecule has 0 aromatic heterocycles. The molecule has 1 N–H and O–H groups in total. The molecule has 0 fully saturated rings. The molecule has 7 heteroatoms. The second-order valence-corrected chi connectivity index (χ2v) is 9.18. The van der Waals surface area contributed by atoms with Gasteiger partial charge in [0.1, 0.15) is 0 Å². The number of rotatable bonds is 2. The monoisotopic (exact) mass is 445 g/mol. The highest BCUT2D eigenvalue weighted by molar-refractivity contribution is 9.10. The number of carbonyl (C=O) groups is 1. The highest BCUT2D eigenvalue weighted by Gasteiger charge is 2.46. The van der Waals surface area contributed by atoms with Crippen LogP contribution in [0.2, 0.25) is 0 Å². The molecule has 0 spiro atoms. The Balaban J connectivity index is 2.02. The van der Waals surface area contributed by atoms with Crippen LogP contribution in [-0.2, 0) is 19.4 Å². The van der Waals surface area contributed by atoms with Crippen LogP contribution in [0, 0.1) is 0 Å². The second kappa shape index (κ2) is 6.35. The Morgan fingerprint density at radius 1 is 1.11 bits per heavy atom. The van der Waals surface area contributed by atoms with Crippen molar-refractivity contribution < 1.29 is 17.9 Å². The minimum absolute atomic E-state index is 0.192. The first-order valence-corrected chi connectivity index (χ1v) is 10.5. The standard InChI is InChI=1S/C20H16BrNO4S/c1-11-16(20(23)26-2)17(12-7-9-13(21)10-8-12)19-18(22-11)14-5-3-4-6-15(14)27(19,24)25/h3-10,17,22H,1-2H3. The van der Waals surface area contributed by atoms with Crippen molar-refractivity contribution in [1.82, 2.24) is 5.32 Å². The average Bonchev–Trinajstić information content (AvgIpc) is 2.88. The molecule has 2 aromatic rings. The topological polar surface area (TPSA) is 72.5 Å². The van der Waals surface area contributed by atoms with Crippen LogP contribution in [0.25, 0.3) is 5.70 Å². The predicted octanol–water partition coefficient (Wildman–Crippen LogP) is 3.74. The Labute approximate surface area is 165 Å². The third kappa shape index (κ3) is 2.64. The molecule has 1 atom stereocenters. The predicted molar refractivity (Wildman–Crippen MR) is 105 cm³/mol. The fraction of sp³-hybridized carbons (Fsp3) is 0.150. The largest absolute Gasteiger partial charge is 0.466 e. The number of nitrogens with one attached hydrogen (secondary N) is 1. The van der Waals surface area contributed by atoms with E-state index < -0.39 is 21.7 Å². The van der Waals surface area contributed by atoms with Gasteiger partial charge < -0.3 is 10.1 Å². The zero-order valence-corrected chi connectivity index (χ0v) is 17.0. The van der Waals surface area contributed by atoms with Crippen LogP contribution in [0.15, 0.2) is 74.1 Å². The van der Waals surface area contributed by atoms with E-state index in [4.69, 9.17) is 4.74 Å². The zero-order chi connectivity index (χ0) is 19.3. The van der Waals surface area contributed by atoms with Crippen LogP contribution >= 0.6 is 15.9 Å². The summed E-state index contributed by atoms with van der Waals surface area (Å²) in [5, 5.41) is 3.14. The van der Waals surface area contributed by atoms with E-state index in [0.717, 1.165) is 4.47 Å². The van der Waals surface area contributed by atoms with Gasteiger partial charge in [0.25, 0.3) is 0 Å². The summed E-state index contributed by atoms with van der Waals surface area (Å²) in [7, 11) is -2.45. The van der Waals surface area contributed by atoms with Gasteiger partial charge in [-0.3, -0.25) is 0 Å². The van der Waals surface area contributed by atoms with Gasteiger partial charge in [-0.05, 0) is 30.7 Å². The number of halogens is 1. The van der Waals surface area contributed by atoms with Crippen molar-refractivity contribution in [2.75, 3.05) is 7.11 Å². The second-order valence-electron chi connectivity index (χ2n) is 6.38. The molecule has 0 bridgehead atoms. The third-order valence-electron chi connectivity index (χ3n) is 4.86. The van der Waals surface area contributed by atoms with Crippen molar-refractivity contribution in [2.24, 2.45) is 0 Å². The van der Waals surface area contributed by atoms with E-state index in [1.807, 2.05) is 24.3 Å². The molecule has 0 saturated carbocycles. The molecule has 2 aromatic carbocycles. The maximum absolute atomic E-state index is 13.4. The van der Waals surface area contributed by atoms with E-state index in [9.17, 15) is 13.2 Å². The molecule has 138 valence electrons.